The zero-order valence-corrected chi connectivity index (χ0v) is 12.6. The summed E-state index contributed by atoms with van der Waals surface area (Å²) in [6, 6.07) is 6.12. The molecular formula is C14H16ClN3O2. The number of ether oxygens (including phenoxy) is 2. The molecule has 0 unspecified atom stereocenters. The van der Waals surface area contributed by atoms with E-state index in [1.807, 2.05) is 39.8 Å². The fraction of sp³-hybridized carbons (Fsp3) is 0.357. The van der Waals surface area contributed by atoms with Gasteiger partial charge in [0.25, 0.3) is 0 Å². The van der Waals surface area contributed by atoms with E-state index in [2.05, 4.69) is 21.0 Å². The molecular weight excluding hydrogens is 278 g/mol. The Morgan fingerprint density at radius 1 is 0.950 bits per heavy atom. The van der Waals surface area contributed by atoms with Gasteiger partial charge in [-0.3, -0.25) is 0 Å². The van der Waals surface area contributed by atoms with E-state index >= 15 is 0 Å². The number of hydrogen-bond donors (Lipinski definition) is 0. The van der Waals surface area contributed by atoms with Crippen molar-refractivity contribution in [2.24, 2.45) is 0 Å². The number of aromatic nitrogens is 3. The maximum atomic E-state index is 5.84. The highest BCUT2D eigenvalue weighted by molar-refractivity contribution is 6.28. The first-order chi connectivity index (χ1) is 9.42. The summed E-state index contributed by atoms with van der Waals surface area (Å²) < 4.78 is 11.0. The van der Waals surface area contributed by atoms with Gasteiger partial charge in [0.2, 0.25) is 5.28 Å². The van der Waals surface area contributed by atoms with Gasteiger partial charge in [-0.2, -0.15) is 9.97 Å². The third kappa shape index (κ3) is 4.06. The van der Waals surface area contributed by atoms with E-state index in [1.54, 1.807) is 0 Å². The third-order valence-corrected chi connectivity index (χ3v) is 2.48. The summed E-state index contributed by atoms with van der Waals surface area (Å²) in [5, 5.41) is 0.0371. The number of benzene rings is 1. The van der Waals surface area contributed by atoms with Gasteiger partial charge in [0.15, 0.2) is 0 Å². The van der Waals surface area contributed by atoms with Gasteiger partial charge in [-0.25, -0.2) is 0 Å². The van der Waals surface area contributed by atoms with Crippen molar-refractivity contribution < 1.29 is 9.47 Å². The minimum absolute atomic E-state index is 0.0371. The molecule has 2 rings (SSSR count). The molecule has 0 aliphatic rings. The van der Waals surface area contributed by atoms with Crippen molar-refractivity contribution >= 4 is 11.6 Å². The van der Waals surface area contributed by atoms with Crippen LogP contribution in [0, 0.1) is 13.8 Å². The number of hydrogen-bond acceptors (Lipinski definition) is 5. The minimum Gasteiger partial charge on any atom is -0.461 e. The molecule has 0 aliphatic heterocycles. The van der Waals surface area contributed by atoms with E-state index in [0.29, 0.717) is 5.75 Å². The molecule has 0 bridgehead atoms. The van der Waals surface area contributed by atoms with Gasteiger partial charge in [-0.1, -0.05) is 6.07 Å². The van der Waals surface area contributed by atoms with Gasteiger partial charge < -0.3 is 9.47 Å². The van der Waals surface area contributed by atoms with E-state index in [1.165, 1.54) is 0 Å². The topological polar surface area (TPSA) is 57.1 Å². The Kier molecular flexibility index (Phi) is 4.39. The molecule has 0 radical (unpaired) electrons. The average molecular weight is 294 g/mol. The molecule has 0 saturated carbocycles. The Morgan fingerprint density at radius 2 is 1.55 bits per heavy atom. The second-order valence-corrected chi connectivity index (χ2v) is 5.10. The van der Waals surface area contributed by atoms with E-state index in [4.69, 9.17) is 21.1 Å². The summed E-state index contributed by atoms with van der Waals surface area (Å²) >= 11 is 5.84. The van der Waals surface area contributed by atoms with Crippen molar-refractivity contribution in [3.8, 4) is 17.8 Å². The van der Waals surface area contributed by atoms with Crippen LogP contribution in [0.1, 0.15) is 25.0 Å². The Bertz CT molecular complexity index is 597. The lowest BCUT2D eigenvalue weighted by atomic mass is 10.1. The van der Waals surface area contributed by atoms with Gasteiger partial charge in [0.05, 0.1) is 6.10 Å². The van der Waals surface area contributed by atoms with Gasteiger partial charge in [-0.05, 0) is 62.6 Å². The Hall–Kier alpha value is -1.88. The van der Waals surface area contributed by atoms with Crippen LogP contribution in [0.25, 0.3) is 0 Å². The monoisotopic (exact) mass is 293 g/mol. The zero-order valence-electron chi connectivity index (χ0n) is 11.8. The second kappa shape index (κ2) is 6.05. The summed E-state index contributed by atoms with van der Waals surface area (Å²) in [7, 11) is 0. The normalized spacial score (nSPS) is 10.7. The number of rotatable bonds is 4. The molecule has 2 aromatic rings. The highest BCUT2D eigenvalue weighted by Crippen LogP contribution is 2.23. The summed E-state index contributed by atoms with van der Waals surface area (Å²) in [5.41, 5.74) is 2.19. The lowest BCUT2D eigenvalue weighted by Crippen LogP contribution is -2.09. The van der Waals surface area contributed by atoms with Crippen LogP contribution in [-0.4, -0.2) is 21.1 Å². The summed E-state index contributed by atoms with van der Waals surface area (Å²) in [4.78, 5) is 11.9. The predicted octanol–water partition coefficient (Wildman–Crippen LogP) is 3.72. The van der Waals surface area contributed by atoms with E-state index in [9.17, 15) is 0 Å². The molecule has 0 N–H and O–H groups in total. The van der Waals surface area contributed by atoms with Crippen molar-refractivity contribution in [1.29, 1.82) is 0 Å². The van der Waals surface area contributed by atoms with Crippen LogP contribution in [0.2, 0.25) is 5.28 Å². The van der Waals surface area contributed by atoms with Crippen molar-refractivity contribution in [2.45, 2.75) is 33.8 Å². The highest BCUT2D eigenvalue weighted by Gasteiger charge is 2.10. The SMILES string of the molecule is Cc1cc(C)cc(Oc2nc(Cl)nc(OC(C)C)n2)c1. The summed E-state index contributed by atoms with van der Waals surface area (Å²) in [6.07, 6.45) is -0.0532. The first-order valence-electron chi connectivity index (χ1n) is 6.27. The fourth-order valence-corrected chi connectivity index (χ4v) is 1.87. The molecule has 0 fully saturated rings. The summed E-state index contributed by atoms with van der Waals surface area (Å²) in [6.45, 7) is 7.74. The quantitative estimate of drug-likeness (QED) is 0.860. The fourth-order valence-electron chi connectivity index (χ4n) is 1.72. The van der Waals surface area contributed by atoms with Crippen LogP contribution >= 0.6 is 11.6 Å². The number of halogens is 1. The van der Waals surface area contributed by atoms with Crippen LogP contribution in [0.3, 0.4) is 0 Å². The second-order valence-electron chi connectivity index (χ2n) is 4.76. The largest absolute Gasteiger partial charge is 0.461 e. The van der Waals surface area contributed by atoms with Crippen LogP contribution in [0.5, 0.6) is 17.8 Å². The third-order valence-electron chi connectivity index (χ3n) is 2.31. The van der Waals surface area contributed by atoms with E-state index < -0.39 is 0 Å². The predicted molar refractivity (Wildman–Crippen MR) is 76.6 cm³/mol. The van der Waals surface area contributed by atoms with Crippen molar-refractivity contribution in [2.75, 3.05) is 0 Å². The molecule has 6 heteroatoms. The molecule has 0 atom stereocenters. The van der Waals surface area contributed by atoms with Crippen molar-refractivity contribution in [3.05, 3.63) is 34.6 Å². The first kappa shape index (κ1) is 14.5. The minimum atomic E-state index is -0.0532. The molecule has 1 heterocycles. The molecule has 1 aromatic carbocycles. The van der Waals surface area contributed by atoms with Crippen LogP contribution < -0.4 is 9.47 Å². The summed E-state index contributed by atoms with van der Waals surface area (Å²) in [5.74, 6) is 0.653. The molecule has 106 valence electrons. The Morgan fingerprint density at radius 3 is 2.15 bits per heavy atom. The molecule has 1 aromatic heterocycles. The van der Waals surface area contributed by atoms with Crippen molar-refractivity contribution in [1.82, 2.24) is 15.0 Å². The average Bonchev–Trinajstić information content (AvgIpc) is 2.24. The smallest absolute Gasteiger partial charge is 0.329 e. The number of nitrogens with zero attached hydrogens (tertiary/aromatic N) is 3. The van der Waals surface area contributed by atoms with Gasteiger partial charge >= 0.3 is 12.0 Å². The molecule has 20 heavy (non-hydrogen) atoms. The van der Waals surface area contributed by atoms with Crippen LogP contribution in [0.15, 0.2) is 18.2 Å². The lowest BCUT2D eigenvalue weighted by molar-refractivity contribution is 0.218. The first-order valence-corrected chi connectivity index (χ1v) is 6.64. The Labute approximate surface area is 123 Å². The maximum absolute atomic E-state index is 5.84. The number of aryl methyl sites for hydroxylation is 2. The van der Waals surface area contributed by atoms with E-state index in [0.717, 1.165) is 11.1 Å². The van der Waals surface area contributed by atoms with Crippen molar-refractivity contribution in [3.63, 3.8) is 0 Å². The van der Waals surface area contributed by atoms with Gasteiger partial charge in [0, 0.05) is 0 Å². The zero-order chi connectivity index (χ0) is 14.7. The molecule has 0 aliphatic carbocycles. The molecule has 0 spiro atoms. The van der Waals surface area contributed by atoms with Gasteiger partial charge in [0.1, 0.15) is 5.75 Å². The highest BCUT2D eigenvalue weighted by atomic mass is 35.5. The van der Waals surface area contributed by atoms with Crippen LogP contribution in [-0.2, 0) is 0 Å². The Balaban J connectivity index is 2.26. The standard InChI is InChI=1S/C14H16ClN3O2/c1-8(2)19-13-16-12(15)17-14(18-13)20-11-6-9(3)5-10(4)7-11/h5-8H,1-4H3. The molecule has 5 nitrogen and oxygen atoms in total. The lowest BCUT2D eigenvalue weighted by Gasteiger charge is -2.09. The van der Waals surface area contributed by atoms with Crippen LogP contribution in [0.4, 0.5) is 0 Å². The van der Waals surface area contributed by atoms with E-state index in [-0.39, 0.29) is 23.4 Å². The molecule has 0 amide bonds. The molecule has 0 saturated heterocycles. The maximum Gasteiger partial charge on any atom is 0.329 e. The van der Waals surface area contributed by atoms with Gasteiger partial charge in [-0.15, -0.1) is 4.98 Å².